The van der Waals surface area contributed by atoms with Crippen LogP contribution in [0.5, 0.6) is 0 Å². The zero-order valence-electron chi connectivity index (χ0n) is 15.3. The van der Waals surface area contributed by atoms with Crippen LogP contribution in [0.25, 0.3) is 0 Å². The van der Waals surface area contributed by atoms with Crippen molar-refractivity contribution in [2.75, 3.05) is 6.54 Å². The van der Waals surface area contributed by atoms with Gasteiger partial charge in [0.15, 0.2) is 11.5 Å². The molecule has 0 saturated heterocycles. The molecule has 0 saturated carbocycles. The van der Waals surface area contributed by atoms with Crippen molar-refractivity contribution in [3.8, 4) is 0 Å². The molecule has 130 valence electrons. The number of amides is 1. The van der Waals surface area contributed by atoms with Crippen molar-refractivity contribution < 1.29 is 14.3 Å². The van der Waals surface area contributed by atoms with Crippen LogP contribution in [0, 0.1) is 12.8 Å². The second-order valence-electron chi connectivity index (χ2n) is 7.52. The summed E-state index contributed by atoms with van der Waals surface area (Å²) in [6.07, 6.45) is 1.64. The van der Waals surface area contributed by atoms with Crippen LogP contribution in [0.2, 0.25) is 0 Å². The molecule has 0 fully saturated rings. The Morgan fingerprint density at radius 2 is 1.96 bits per heavy atom. The highest BCUT2D eigenvalue weighted by Crippen LogP contribution is 2.26. The Bertz CT molecular complexity index is 659. The molecule has 1 heterocycles. The highest BCUT2D eigenvalue weighted by atomic mass is 16.5. The van der Waals surface area contributed by atoms with Crippen LogP contribution in [0.4, 0.5) is 0 Å². The van der Waals surface area contributed by atoms with E-state index in [-0.39, 0.29) is 17.4 Å². The monoisotopic (exact) mass is 329 g/mol. The highest BCUT2D eigenvalue weighted by molar-refractivity contribution is 6.01. The number of benzene rings is 1. The van der Waals surface area contributed by atoms with Gasteiger partial charge < -0.3 is 9.64 Å². The fourth-order valence-electron chi connectivity index (χ4n) is 2.89. The number of ether oxygens (including phenoxy) is 1. The normalized spacial score (nSPS) is 16.6. The minimum atomic E-state index is -0.636. The third-order valence-electron chi connectivity index (χ3n) is 3.98. The molecule has 0 unspecified atom stereocenters. The number of carbonyl (C=O) groups is 2. The Balaban J connectivity index is 2.26. The van der Waals surface area contributed by atoms with Gasteiger partial charge in [-0.1, -0.05) is 38.1 Å². The van der Waals surface area contributed by atoms with Gasteiger partial charge in [0.25, 0.3) is 5.91 Å². The molecule has 4 heteroatoms. The van der Waals surface area contributed by atoms with Crippen molar-refractivity contribution in [2.45, 2.75) is 53.2 Å². The Kier molecular flexibility index (Phi) is 5.47. The molecule has 2 rings (SSSR count). The molecule has 24 heavy (non-hydrogen) atoms. The van der Waals surface area contributed by atoms with E-state index in [1.807, 2.05) is 45.0 Å². The van der Waals surface area contributed by atoms with Crippen LogP contribution >= 0.6 is 0 Å². The van der Waals surface area contributed by atoms with E-state index in [2.05, 4.69) is 13.8 Å². The molecule has 0 spiro atoms. The van der Waals surface area contributed by atoms with E-state index >= 15 is 0 Å². The van der Waals surface area contributed by atoms with Gasteiger partial charge in [-0.15, -0.1) is 0 Å². The second kappa shape index (κ2) is 7.20. The van der Waals surface area contributed by atoms with Gasteiger partial charge >= 0.3 is 0 Å². The van der Waals surface area contributed by atoms with E-state index in [4.69, 9.17) is 4.74 Å². The van der Waals surface area contributed by atoms with Crippen LogP contribution in [-0.4, -0.2) is 28.7 Å². The Hall–Kier alpha value is -2.10. The fourth-order valence-corrected chi connectivity index (χ4v) is 2.89. The minimum Gasteiger partial charge on any atom is -0.481 e. The van der Waals surface area contributed by atoms with Crippen molar-refractivity contribution in [3.05, 3.63) is 47.2 Å². The number of carbonyl (C=O) groups excluding carboxylic acids is 2. The number of ketones is 1. The molecule has 0 radical (unpaired) electrons. The lowest BCUT2D eigenvalue weighted by molar-refractivity contribution is -0.139. The first-order valence-electron chi connectivity index (χ1n) is 8.45. The summed E-state index contributed by atoms with van der Waals surface area (Å²) in [6, 6.07) is 8.03. The quantitative estimate of drug-likeness (QED) is 0.829. The number of aryl methyl sites for hydroxylation is 1. The summed E-state index contributed by atoms with van der Waals surface area (Å²) in [4.78, 5) is 26.7. The van der Waals surface area contributed by atoms with Gasteiger partial charge in [0.2, 0.25) is 0 Å². The van der Waals surface area contributed by atoms with E-state index < -0.39 is 5.60 Å². The first-order chi connectivity index (χ1) is 11.2. The topological polar surface area (TPSA) is 46.6 Å². The molecule has 0 N–H and O–H groups in total. The summed E-state index contributed by atoms with van der Waals surface area (Å²) < 4.78 is 5.79. The van der Waals surface area contributed by atoms with Gasteiger partial charge in [-0.3, -0.25) is 9.59 Å². The average molecular weight is 329 g/mol. The maximum Gasteiger partial charge on any atom is 0.289 e. The fraction of sp³-hybridized carbons (Fsp3) is 0.500. The first kappa shape index (κ1) is 18.2. The Morgan fingerprint density at radius 3 is 2.54 bits per heavy atom. The SMILES string of the molecule is Cc1ccccc1CN(CC(C)C)C(=O)C1=CC(=O)CC(C)(C)O1. The van der Waals surface area contributed by atoms with E-state index in [1.54, 1.807) is 4.90 Å². The predicted octanol–water partition coefficient (Wildman–Crippen LogP) is 3.63. The van der Waals surface area contributed by atoms with Crippen molar-refractivity contribution in [1.29, 1.82) is 0 Å². The number of rotatable bonds is 5. The number of hydrogen-bond donors (Lipinski definition) is 0. The molecular weight excluding hydrogens is 302 g/mol. The number of hydrogen-bond acceptors (Lipinski definition) is 3. The van der Waals surface area contributed by atoms with Gasteiger partial charge in [-0.2, -0.15) is 0 Å². The van der Waals surface area contributed by atoms with Crippen LogP contribution < -0.4 is 0 Å². The van der Waals surface area contributed by atoms with Gasteiger partial charge in [0.1, 0.15) is 5.60 Å². The lowest BCUT2D eigenvalue weighted by Gasteiger charge is -2.33. The molecule has 0 aliphatic carbocycles. The lowest BCUT2D eigenvalue weighted by Crippen LogP contribution is -2.40. The molecule has 1 aliphatic heterocycles. The lowest BCUT2D eigenvalue weighted by atomic mass is 9.98. The third-order valence-corrected chi connectivity index (χ3v) is 3.98. The maximum atomic E-state index is 13.0. The van der Waals surface area contributed by atoms with Gasteiger partial charge in [0, 0.05) is 25.6 Å². The summed E-state index contributed by atoms with van der Waals surface area (Å²) in [5.41, 5.74) is 1.62. The first-order valence-corrected chi connectivity index (χ1v) is 8.45. The molecule has 0 bridgehead atoms. The van der Waals surface area contributed by atoms with Crippen molar-refractivity contribution >= 4 is 11.7 Å². The van der Waals surface area contributed by atoms with Gasteiger partial charge in [-0.05, 0) is 37.8 Å². The van der Waals surface area contributed by atoms with Crippen LogP contribution in [0.15, 0.2) is 36.1 Å². The van der Waals surface area contributed by atoms with Crippen LogP contribution in [0.3, 0.4) is 0 Å². The van der Waals surface area contributed by atoms with Gasteiger partial charge in [-0.25, -0.2) is 0 Å². The van der Waals surface area contributed by atoms with Crippen molar-refractivity contribution in [2.24, 2.45) is 5.92 Å². The number of allylic oxidation sites excluding steroid dienone is 1. The summed E-state index contributed by atoms with van der Waals surface area (Å²) in [7, 11) is 0. The van der Waals surface area contributed by atoms with Crippen LogP contribution in [0.1, 0.15) is 45.2 Å². The largest absolute Gasteiger partial charge is 0.481 e. The third kappa shape index (κ3) is 4.70. The molecule has 0 atom stereocenters. The van der Waals surface area contributed by atoms with E-state index in [1.165, 1.54) is 6.08 Å². The number of nitrogens with zero attached hydrogens (tertiary/aromatic N) is 1. The summed E-state index contributed by atoms with van der Waals surface area (Å²) in [5.74, 6) is 0.208. The molecular formula is C20H27NO3. The van der Waals surface area contributed by atoms with E-state index in [0.717, 1.165) is 11.1 Å². The molecule has 4 nitrogen and oxygen atoms in total. The highest BCUT2D eigenvalue weighted by Gasteiger charge is 2.33. The Morgan fingerprint density at radius 1 is 1.29 bits per heavy atom. The summed E-state index contributed by atoms with van der Waals surface area (Å²) >= 11 is 0. The van der Waals surface area contributed by atoms with Crippen molar-refractivity contribution in [1.82, 2.24) is 4.90 Å². The maximum absolute atomic E-state index is 13.0. The average Bonchev–Trinajstić information content (AvgIpc) is 2.45. The standard InChI is InChI=1S/C20H27NO3/c1-14(2)12-21(13-16-9-7-6-8-15(16)3)19(23)18-10-17(22)11-20(4,5)24-18/h6-10,14H,11-13H2,1-5H3. The molecule has 1 aromatic rings. The predicted molar refractivity (Wildman–Crippen MR) is 94.3 cm³/mol. The molecule has 1 aromatic carbocycles. The minimum absolute atomic E-state index is 0.0602. The summed E-state index contributed by atoms with van der Waals surface area (Å²) in [5, 5.41) is 0. The smallest absolute Gasteiger partial charge is 0.289 e. The van der Waals surface area contributed by atoms with Crippen molar-refractivity contribution in [3.63, 3.8) is 0 Å². The van der Waals surface area contributed by atoms with Gasteiger partial charge in [0.05, 0.1) is 0 Å². The summed E-state index contributed by atoms with van der Waals surface area (Å²) in [6.45, 7) is 11.0. The van der Waals surface area contributed by atoms with E-state index in [9.17, 15) is 9.59 Å². The second-order valence-corrected chi connectivity index (χ2v) is 7.52. The van der Waals surface area contributed by atoms with E-state index in [0.29, 0.717) is 25.4 Å². The Labute approximate surface area is 144 Å². The molecule has 1 amide bonds. The zero-order chi connectivity index (χ0) is 17.9. The zero-order valence-corrected chi connectivity index (χ0v) is 15.3. The molecule has 1 aliphatic rings. The van der Waals surface area contributed by atoms with Crippen LogP contribution in [-0.2, 0) is 20.9 Å². The molecule has 0 aromatic heterocycles.